The van der Waals surface area contributed by atoms with E-state index in [0.717, 1.165) is 22.6 Å². The first-order valence-electron chi connectivity index (χ1n) is 11.1. The first-order chi connectivity index (χ1) is 15.8. The average molecular weight is 465 g/mol. The molecule has 0 aliphatic carbocycles. The van der Waals surface area contributed by atoms with Crippen molar-refractivity contribution in [1.29, 1.82) is 0 Å². The highest BCUT2D eigenvalue weighted by Crippen LogP contribution is 2.26. The van der Waals surface area contributed by atoms with Gasteiger partial charge in [0.15, 0.2) is 17.1 Å². The molecule has 0 saturated carbocycles. The molecule has 33 heavy (non-hydrogen) atoms. The summed E-state index contributed by atoms with van der Waals surface area (Å²) in [6.45, 7) is 14.7. The zero-order chi connectivity index (χ0) is 24.0. The third-order valence-corrected chi connectivity index (χ3v) is 6.46. The van der Waals surface area contributed by atoms with Gasteiger partial charge >= 0.3 is 0 Å². The predicted molar refractivity (Wildman–Crippen MR) is 135 cm³/mol. The van der Waals surface area contributed by atoms with Crippen LogP contribution in [0.2, 0.25) is 0 Å². The highest BCUT2D eigenvalue weighted by atomic mass is 32.2. The van der Waals surface area contributed by atoms with Crippen molar-refractivity contribution in [3.63, 3.8) is 0 Å². The van der Waals surface area contributed by atoms with E-state index >= 15 is 0 Å². The van der Waals surface area contributed by atoms with Gasteiger partial charge in [0.25, 0.3) is 0 Å². The summed E-state index contributed by atoms with van der Waals surface area (Å²) >= 11 is 1.35. The number of hydrogen-bond acceptors (Lipinski definition) is 5. The van der Waals surface area contributed by atoms with E-state index in [1.807, 2.05) is 55.7 Å². The molecule has 1 atom stereocenters. The number of benzene rings is 2. The molecule has 2 aromatic carbocycles. The van der Waals surface area contributed by atoms with E-state index in [4.69, 9.17) is 4.74 Å². The van der Waals surface area contributed by atoms with E-state index in [9.17, 15) is 4.79 Å². The number of anilines is 1. The normalized spacial score (nSPS) is 11.9. The van der Waals surface area contributed by atoms with Gasteiger partial charge in [-0.3, -0.25) is 9.36 Å². The molecule has 1 aromatic heterocycles. The van der Waals surface area contributed by atoms with Crippen LogP contribution in [0.5, 0.6) is 5.75 Å². The Morgan fingerprint density at radius 1 is 1.15 bits per heavy atom. The van der Waals surface area contributed by atoms with Crippen molar-refractivity contribution in [2.75, 3.05) is 11.1 Å². The van der Waals surface area contributed by atoms with Crippen LogP contribution in [0.1, 0.15) is 55.3 Å². The molecule has 3 aromatic rings. The molecule has 0 aliphatic heterocycles. The van der Waals surface area contributed by atoms with Crippen molar-refractivity contribution in [1.82, 2.24) is 14.8 Å². The van der Waals surface area contributed by atoms with Gasteiger partial charge < -0.3 is 10.1 Å². The highest BCUT2D eigenvalue weighted by Gasteiger charge is 2.20. The quantitative estimate of drug-likeness (QED) is 0.291. The van der Waals surface area contributed by atoms with E-state index in [2.05, 4.69) is 48.1 Å². The molecule has 1 N–H and O–H groups in total. The molecule has 7 heteroatoms. The van der Waals surface area contributed by atoms with Crippen molar-refractivity contribution < 1.29 is 9.53 Å². The maximum absolute atomic E-state index is 12.5. The van der Waals surface area contributed by atoms with Crippen LogP contribution in [0.25, 0.3) is 0 Å². The molecular weight excluding hydrogens is 432 g/mol. The van der Waals surface area contributed by atoms with Gasteiger partial charge in [-0.15, -0.1) is 16.8 Å². The number of hydrogen-bond donors (Lipinski definition) is 1. The Bertz CT molecular complexity index is 1110. The van der Waals surface area contributed by atoms with E-state index in [1.165, 1.54) is 17.3 Å². The van der Waals surface area contributed by atoms with Gasteiger partial charge in [-0.2, -0.15) is 0 Å². The van der Waals surface area contributed by atoms with Gasteiger partial charge in [0.1, 0.15) is 5.75 Å². The molecule has 1 amide bonds. The average Bonchev–Trinajstić information content (AvgIpc) is 3.19. The first-order valence-corrected chi connectivity index (χ1v) is 12.1. The Balaban J connectivity index is 1.67. The van der Waals surface area contributed by atoms with E-state index in [-0.39, 0.29) is 17.8 Å². The molecule has 0 radical (unpaired) electrons. The predicted octanol–water partition coefficient (Wildman–Crippen LogP) is 6.08. The zero-order valence-electron chi connectivity index (χ0n) is 20.0. The highest BCUT2D eigenvalue weighted by molar-refractivity contribution is 7.99. The summed E-state index contributed by atoms with van der Waals surface area (Å²) < 4.78 is 8.06. The first kappa shape index (κ1) is 24.6. The number of thioether (sulfide) groups is 1. The summed E-state index contributed by atoms with van der Waals surface area (Å²) in [5.41, 5.74) is 4.31. The van der Waals surface area contributed by atoms with Gasteiger partial charge in [-0.25, -0.2) is 0 Å². The van der Waals surface area contributed by atoms with Crippen molar-refractivity contribution in [2.24, 2.45) is 0 Å². The topological polar surface area (TPSA) is 69.0 Å². The van der Waals surface area contributed by atoms with Gasteiger partial charge in [-0.05, 0) is 61.6 Å². The minimum Gasteiger partial charge on any atom is -0.483 e. The minimum absolute atomic E-state index is 0.0852. The number of allylic oxidation sites excluding steroid dienone is 1. The van der Waals surface area contributed by atoms with E-state index in [0.29, 0.717) is 23.4 Å². The zero-order valence-corrected chi connectivity index (χ0v) is 20.8. The van der Waals surface area contributed by atoms with E-state index < -0.39 is 0 Å². The number of rotatable bonds is 10. The SMILES string of the molecule is C=CCn1c(SCC(=O)Nc2cccc(C)c2C)nnc1C(C)Oc1ccc(C(C)C)cc1. The molecule has 1 unspecified atom stereocenters. The Hall–Kier alpha value is -3.06. The summed E-state index contributed by atoms with van der Waals surface area (Å²) in [6.07, 6.45) is 1.48. The molecule has 0 fully saturated rings. The Morgan fingerprint density at radius 2 is 1.88 bits per heavy atom. The fourth-order valence-electron chi connectivity index (χ4n) is 3.40. The minimum atomic E-state index is -0.305. The second kappa shape index (κ2) is 11.2. The molecule has 1 heterocycles. The number of nitrogens with zero attached hydrogens (tertiary/aromatic N) is 3. The lowest BCUT2D eigenvalue weighted by molar-refractivity contribution is -0.113. The van der Waals surface area contributed by atoms with Crippen LogP contribution in [0.3, 0.4) is 0 Å². The van der Waals surface area contributed by atoms with Crippen molar-refractivity contribution in [3.05, 3.63) is 77.6 Å². The summed E-state index contributed by atoms with van der Waals surface area (Å²) in [4.78, 5) is 12.5. The van der Waals surface area contributed by atoms with Gasteiger partial charge in [0.2, 0.25) is 5.91 Å². The van der Waals surface area contributed by atoms with Crippen LogP contribution in [0.4, 0.5) is 5.69 Å². The number of carbonyl (C=O) groups is 1. The number of ether oxygens (including phenoxy) is 1. The van der Waals surface area contributed by atoms with Gasteiger partial charge in [0, 0.05) is 12.2 Å². The largest absolute Gasteiger partial charge is 0.483 e. The van der Waals surface area contributed by atoms with Crippen molar-refractivity contribution in [3.8, 4) is 5.75 Å². The standard InChI is InChI=1S/C26H32N4O2S/c1-7-15-30-25(20(6)32-22-13-11-21(12-14-22)17(2)3)28-29-26(30)33-16-24(31)27-23-10-8-9-18(4)19(23)5/h7-14,17,20H,1,15-16H2,2-6H3,(H,27,31). The molecular formula is C26H32N4O2S. The van der Waals surface area contributed by atoms with Crippen LogP contribution < -0.4 is 10.1 Å². The number of aryl methyl sites for hydroxylation is 1. The lowest BCUT2D eigenvalue weighted by atomic mass is 10.0. The number of carbonyl (C=O) groups excluding carboxylic acids is 1. The fourth-order valence-corrected chi connectivity index (χ4v) is 4.15. The number of aromatic nitrogens is 3. The van der Waals surface area contributed by atoms with Crippen LogP contribution in [0.15, 0.2) is 60.3 Å². The van der Waals surface area contributed by atoms with Crippen molar-refractivity contribution >= 4 is 23.4 Å². The Morgan fingerprint density at radius 3 is 2.55 bits per heavy atom. The molecule has 3 rings (SSSR count). The molecule has 0 bridgehead atoms. The lowest BCUT2D eigenvalue weighted by Crippen LogP contribution is -2.16. The van der Waals surface area contributed by atoms with Gasteiger partial charge in [0.05, 0.1) is 5.75 Å². The summed E-state index contributed by atoms with van der Waals surface area (Å²) in [6, 6.07) is 14.0. The monoisotopic (exact) mass is 464 g/mol. The third-order valence-electron chi connectivity index (χ3n) is 5.49. The van der Waals surface area contributed by atoms with Crippen molar-refractivity contribution in [2.45, 2.75) is 58.3 Å². The Kier molecular flexibility index (Phi) is 8.33. The molecule has 0 aliphatic rings. The van der Waals surface area contributed by atoms with Crippen LogP contribution in [-0.2, 0) is 11.3 Å². The summed E-state index contributed by atoms with van der Waals surface area (Å²) in [7, 11) is 0. The van der Waals surface area contributed by atoms with Crippen LogP contribution >= 0.6 is 11.8 Å². The molecule has 6 nitrogen and oxygen atoms in total. The van der Waals surface area contributed by atoms with Crippen LogP contribution in [-0.4, -0.2) is 26.4 Å². The second-order valence-electron chi connectivity index (χ2n) is 8.31. The third kappa shape index (κ3) is 6.26. The fraction of sp³-hybridized carbons (Fsp3) is 0.346. The lowest BCUT2D eigenvalue weighted by Gasteiger charge is -2.16. The molecule has 0 spiro atoms. The Labute approximate surface area is 200 Å². The molecule has 0 saturated heterocycles. The number of amides is 1. The molecule has 174 valence electrons. The number of nitrogens with one attached hydrogen (secondary N) is 1. The smallest absolute Gasteiger partial charge is 0.234 e. The summed E-state index contributed by atoms with van der Waals surface area (Å²) in [5.74, 6) is 2.09. The summed E-state index contributed by atoms with van der Waals surface area (Å²) in [5, 5.41) is 12.3. The maximum atomic E-state index is 12.5. The van der Waals surface area contributed by atoms with Crippen LogP contribution in [0, 0.1) is 13.8 Å². The van der Waals surface area contributed by atoms with Gasteiger partial charge in [-0.1, -0.05) is 56.0 Å². The maximum Gasteiger partial charge on any atom is 0.234 e. The van der Waals surface area contributed by atoms with E-state index in [1.54, 1.807) is 6.08 Å². The second-order valence-corrected chi connectivity index (χ2v) is 9.25.